The van der Waals surface area contributed by atoms with E-state index in [1.54, 1.807) is 0 Å². The molecule has 3 heteroatoms. The van der Waals surface area contributed by atoms with Gasteiger partial charge in [-0.15, -0.1) is 0 Å². The largest absolute Gasteiger partial charge is 0.389 e. The van der Waals surface area contributed by atoms with Gasteiger partial charge in [0.1, 0.15) is 0 Å². The Morgan fingerprint density at radius 3 is 2.76 bits per heavy atom. The maximum absolute atomic E-state index is 10.7. The highest BCUT2D eigenvalue weighted by Crippen LogP contribution is 2.33. The second kappa shape index (κ2) is 7.06. The predicted molar refractivity (Wildman–Crippen MR) is 84.8 cm³/mol. The van der Waals surface area contributed by atoms with Gasteiger partial charge in [0.15, 0.2) is 0 Å². The second-order valence-electron chi connectivity index (χ2n) is 6.42. The molecule has 1 saturated carbocycles. The molecule has 3 nitrogen and oxygen atoms in total. The molecular formula is C18H26N2O. The molecule has 0 heterocycles. The fraction of sp³-hybridized carbons (Fsp3) is 0.611. The molecule has 0 aromatic heterocycles. The fourth-order valence-electron chi connectivity index (χ4n) is 3.14. The molecule has 2 rings (SSSR count). The van der Waals surface area contributed by atoms with Crippen molar-refractivity contribution in [2.24, 2.45) is 5.92 Å². The molecule has 1 unspecified atom stereocenters. The van der Waals surface area contributed by atoms with Crippen molar-refractivity contribution < 1.29 is 5.11 Å². The molecule has 0 aliphatic heterocycles. The molecule has 114 valence electrons. The van der Waals surface area contributed by atoms with E-state index >= 15 is 0 Å². The first-order chi connectivity index (χ1) is 10.1. The van der Waals surface area contributed by atoms with Gasteiger partial charge in [0, 0.05) is 12.6 Å². The van der Waals surface area contributed by atoms with Crippen LogP contribution in [0.4, 0.5) is 0 Å². The van der Waals surface area contributed by atoms with E-state index in [1.807, 2.05) is 24.3 Å². The highest BCUT2D eigenvalue weighted by molar-refractivity contribution is 5.34. The number of nitriles is 1. The molecule has 0 saturated heterocycles. The Morgan fingerprint density at radius 2 is 2.14 bits per heavy atom. The number of nitrogens with zero attached hydrogens (tertiary/aromatic N) is 1. The molecule has 1 aromatic rings. The summed E-state index contributed by atoms with van der Waals surface area (Å²) < 4.78 is 0. The third kappa shape index (κ3) is 4.30. The maximum Gasteiger partial charge on any atom is 0.0991 e. The summed E-state index contributed by atoms with van der Waals surface area (Å²) in [6, 6.07) is 9.98. The van der Waals surface area contributed by atoms with Gasteiger partial charge in [0.25, 0.3) is 0 Å². The van der Waals surface area contributed by atoms with Crippen molar-refractivity contribution in [3.8, 4) is 6.07 Å². The topological polar surface area (TPSA) is 56.0 Å². The summed E-state index contributed by atoms with van der Waals surface area (Å²) in [5.74, 6) is 0.787. The van der Waals surface area contributed by atoms with Crippen LogP contribution in [0.5, 0.6) is 0 Å². The minimum Gasteiger partial charge on any atom is -0.389 e. The van der Waals surface area contributed by atoms with Crippen LogP contribution in [0.1, 0.15) is 63.1 Å². The average molecular weight is 286 g/mol. The minimum absolute atomic E-state index is 0.145. The third-order valence-corrected chi connectivity index (χ3v) is 4.87. The monoisotopic (exact) mass is 286 g/mol. The molecule has 1 atom stereocenters. The molecule has 21 heavy (non-hydrogen) atoms. The first kappa shape index (κ1) is 16.0. The van der Waals surface area contributed by atoms with Crippen molar-refractivity contribution in [1.82, 2.24) is 5.32 Å². The van der Waals surface area contributed by atoms with Crippen molar-refractivity contribution in [1.29, 1.82) is 5.26 Å². The van der Waals surface area contributed by atoms with Gasteiger partial charge in [-0.3, -0.25) is 0 Å². The second-order valence-corrected chi connectivity index (χ2v) is 6.42. The Kier molecular flexibility index (Phi) is 5.39. The van der Waals surface area contributed by atoms with Crippen LogP contribution in [0.2, 0.25) is 0 Å². The SMILES string of the molecule is CCC1CCC(O)(CNC(C)c2cccc(C#N)c2)CC1. The molecule has 1 aliphatic rings. The molecule has 0 amide bonds. The van der Waals surface area contributed by atoms with Crippen molar-refractivity contribution in [2.45, 2.75) is 57.6 Å². The number of aliphatic hydroxyl groups is 1. The van der Waals surface area contributed by atoms with Gasteiger partial charge in [0.05, 0.1) is 17.2 Å². The third-order valence-electron chi connectivity index (χ3n) is 4.87. The Hall–Kier alpha value is -1.37. The molecule has 0 radical (unpaired) electrons. The van der Waals surface area contributed by atoms with E-state index in [1.165, 1.54) is 6.42 Å². The lowest BCUT2D eigenvalue weighted by Crippen LogP contribution is -2.44. The smallest absolute Gasteiger partial charge is 0.0991 e. The number of benzene rings is 1. The van der Waals surface area contributed by atoms with Gasteiger partial charge in [-0.25, -0.2) is 0 Å². The average Bonchev–Trinajstić information content (AvgIpc) is 2.53. The van der Waals surface area contributed by atoms with Crippen LogP contribution < -0.4 is 5.32 Å². The first-order valence-corrected chi connectivity index (χ1v) is 8.02. The number of hydrogen-bond acceptors (Lipinski definition) is 3. The Balaban J connectivity index is 1.89. The van der Waals surface area contributed by atoms with Crippen LogP contribution in [0.3, 0.4) is 0 Å². The lowest BCUT2D eigenvalue weighted by molar-refractivity contribution is -0.0103. The summed E-state index contributed by atoms with van der Waals surface area (Å²) in [5, 5.41) is 23.1. The summed E-state index contributed by atoms with van der Waals surface area (Å²) in [5.41, 5.74) is 1.22. The Labute approximate surface area is 128 Å². The van der Waals surface area contributed by atoms with Gasteiger partial charge < -0.3 is 10.4 Å². The van der Waals surface area contributed by atoms with Crippen molar-refractivity contribution >= 4 is 0 Å². The molecule has 1 aliphatic carbocycles. The van der Waals surface area contributed by atoms with E-state index in [9.17, 15) is 5.11 Å². The quantitative estimate of drug-likeness (QED) is 0.870. The standard InChI is InChI=1S/C18H26N2O/c1-3-15-7-9-18(21,10-8-15)13-20-14(2)17-6-4-5-16(11-17)12-19/h4-6,11,14-15,20-21H,3,7-10,13H2,1-2H3. The summed E-state index contributed by atoms with van der Waals surface area (Å²) in [6.07, 6.45) is 5.27. The van der Waals surface area contributed by atoms with E-state index in [4.69, 9.17) is 5.26 Å². The summed E-state index contributed by atoms with van der Waals surface area (Å²) in [4.78, 5) is 0. The van der Waals surface area contributed by atoms with E-state index in [0.29, 0.717) is 12.1 Å². The molecular weight excluding hydrogens is 260 g/mol. The maximum atomic E-state index is 10.7. The number of nitrogens with one attached hydrogen (secondary N) is 1. The number of hydrogen-bond donors (Lipinski definition) is 2. The molecule has 1 aromatic carbocycles. The molecule has 2 N–H and O–H groups in total. The lowest BCUT2D eigenvalue weighted by Gasteiger charge is -2.36. The molecule has 0 bridgehead atoms. The van der Waals surface area contributed by atoms with Crippen molar-refractivity contribution in [3.05, 3.63) is 35.4 Å². The van der Waals surface area contributed by atoms with Crippen molar-refractivity contribution in [2.75, 3.05) is 6.54 Å². The fourth-order valence-corrected chi connectivity index (χ4v) is 3.14. The molecule has 1 fully saturated rings. The van der Waals surface area contributed by atoms with E-state index in [0.717, 1.165) is 37.2 Å². The Bertz CT molecular complexity index is 498. The van der Waals surface area contributed by atoms with E-state index in [-0.39, 0.29) is 6.04 Å². The lowest BCUT2D eigenvalue weighted by atomic mass is 9.77. The van der Waals surface area contributed by atoms with Crippen LogP contribution in [0.25, 0.3) is 0 Å². The minimum atomic E-state index is -0.563. The van der Waals surface area contributed by atoms with Crippen LogP contribution in [-0.4, -0.2) is 17.3 Å². The highest BCUT2D eigenvalue weighted by atomic mass is 16.3. The summed E-state index contributed by atoms with van der Waals surface area (Å²) in [7, 11) is 0. The number of rotatable bonds is 5. The highest BCUT2D eigenvalue weighted by Gasteiger charge is 2.32. The van der Waals surface area contributed by atoms with E-state index < -0.39 is 5.60 Å². The van der Waals surface area contributed by atoms with Gasteiger partial charge in [-0.2, -0.15) is 5.26 Å². The molecule has 0 spiro atoms. The van der Waals surface area contributed by atoms with Crippen LogP contribution in [-0.2, 0) is 0 Å². The van der Waals surface area contributed by atoms with Gasteiger partial charge in [0.2, 0.25) is 0 Å². The van der Waals surface area contributed by atoms with Gasteiger partial charge in [-0.05, 0) is 56.2 Å². The Morgan fingerprint density at radius 1 is 1.43 bits per heavy atom. The van der Waals surface area contributed by atoms with Gasteiger partial charge >= 0.3 is 0 Å². The van der Waals surface area contributed by atoms with E-state index in [2.05, 4.69) is 25.2 Å². The zero-order valence-corrected chi connectivity index (χ0v) is 13.1. The van der Waals surface area contributed by atoms with Crippen molar-refractivity contribution in [3.63, 3.8) is 0 Å². The van der Waals surface area contributed by atoms with Gasteiger partial charge in [-0.1, -0.05) is 25.5 Å². The first-order valence-electron chi connectivity index (χ1n) is 8.02. The zero-order valence-electron chi connectivity index (χ0n) is 13.1. The van der Waals surface area contributed by atoms with Crippen LogP contribution in [0, 0.1) is 17.2 Å². The zero-order chi connectivity index (χ0) is 15.3. The van der Waals surface area contributed by atoms with Crippen LogP contribution >= 0.6 is 0 Å². The summed E-state index contributed by atoms with van der Waals surface area (Å²) >= 11 is 0. The predicted octanol–water partition coefficient (Wildman–Crippen LogP) is 3.54. The normalized spacial score (nSPS) is 27.0. The summed E-state index contributed by atoms with van der Waals surface area (Å²) in [6.45, 7) is 4.94. The van der Waals surface area contributed by atoms with Crippen LogP contribution in [0.15, 0.2) is 24.3 Å².